The normalized spacial score (nSPS) is 17.5. The number of nitrogens with one attached hydrogen (secondary N) is 1. The van der Waals surface area contributed by atoms with Crippen LogP contribution in [-0.4, -0.2) is 61.2 Å². The minimum absolute atomic E-state index is 0.0126. The molecule has 0 aliphatic carbocycles. The molecule has 0 bridgehead atoms. The summed E-state index contributed by atoms with van der Waals surface area (Å²) < 4.78 is 52.9. The molecule has 0 radical (unpaired) electrons. The number of rotatable bonds is 6. The van der Waals surface area contributed by atoms with Crippen molar-refractivity contribution in [1.82, 2.24) is 19.2 Å². The molecule has 4 rings (SSSR count). The van der Waals surface area contributed by atoms with Gasteiger partial charge in [-0.05, 0) is 37.1 Å². The van der Waals surface area contributed by atoms with Crippen molar-refractivity contribution < 1.29 is 21.6 Å². The zero-order valence-electron chi connectivity index (χ0n) is 18.6. The van der Waals surface area contributed by atoms with Crippen LogP contribution >= 0.6 is 0 Å². The Kier molecular flexibility index (Phi) is 6.06. The molecule has 1 atom stereocenters. The van der Waals surface area contributed by atoms with Crippen molar-refractivity contribution in [3.8, 4) is 0 Å². The van der Waals surface area contributed by atoms with Crippen molar-refractivity contribution in [3.05, 3.63) is 59.5 Å². The molecule has 1 amide bonds. The fraction of sp³-hybridized carbons (Fsp3) is 0.364. The second kappa shape index (κ2) is 8.54. The third kappa shape index (κ3) is 4.40. The highest BCUT2D eigenvalue weighted by atomic mass is 32.2. The van der Waals surface area contributed by atoms with E-state index in [1.54, 1.807) is 20.2 Å². The van der Waals surface area contributed by atoms with Crippen molar-refractivity contribution in [2.75, 3.05) is 19.3 Å². The molecule has 0 saturated carbocycles. The van der Waals surface area contributed by atoms with E-state index < -0.39 is 31.0 Å². The Morgan fingerprint density at radius 2 is 1.94 bits per heavy atom. The first kappa shape index (κ1) is 23.4. The van der Waals surface area contributed by atoms with Gasteiger partial charge in [-0.25, -0.2) is 16.8 Å². The first-order valence-electron chi connectivity index (χ1n) is 10.5. The summed E-state index contributed by atoms with van der Waals surface area (Å²) in [5.74, 6) is -0.404. The molecule has 1 fully saturated rings. The number of nitrogens with zero attached hydrogens (tertiary/aromatic N) is 3. The van der Waals surface area contributed by atoms with Gasteiger partial charge in [0.25, 0.3) is 5.91 Å². The van der Waals surface area contributed by atoms with Crippen LogP contribution in [0.15, 0.2) is 47.5 Å². The van der Waals surface area contributed by atoms with Crippen LogP contribution in [0.4, 0.5) is 0 Å². The van der Waals surface area contributed by atoms with Gasteiger partial charge in [-0.2, -0.15) is 4.31 Å². The monoisotopic (exact) mass is 490 g/mol. The summed E-state index contributed by atoms with van der Waals surface area (Å²) in [5.41, 5.74) is 2.35. The maximum absolute atomic E-state index is 13.2. The van der Waals surface area contributed by atoms with Gasteiger partial charge in [0.1, 0.15) is 10.6 Å². The lowest BCUT2D eigenvalue weighted by molar-refractivity contribution is 0.0942. The maximum atomic E-state index is 13.2. The van der Waals surface area contributed by atoms with Crippen LogP contribution in [0.2, 0.25) is 0 Å². The quantitative estimate of drug-likeness (QED) is 0.561. The van der Waals surface area contributed by atoms with Gasteiger partial charge < -0.3 is 9.88 Å². The van der Waals surface area contributed by atoms with Crippen LogP contribution in [0.5, 0.6) is 0 Å². The number of fused-ring (bicyclic) bond motifs is 1. The number of hydrogen-bond acceptors (Lipinski definition) is 6. The van der Waals surface area contributed by atoms with E-state index >= 15 is 0 Å². The second-order valence-corrected chi connectivity index (χ2v) is 12.5. The number of hydrogen-bond donors (Lipinski definition) is 1. The van der Waals surface area contributed by atoms with Crippen LogP contribution < -0.4 is 5.32 Å². The molecule has 1 N–H and O–H groups in total. The molecule has 176 valence electrons. The summed E-state index contributed by atoms with van der Waals surface area (Å²) in [7, 11) is -5.63. The molecule has 1 aromatic carbocycles. The van der Waals surface area contributed by atoms with Crippen molar-refractivity contribution in [2.45, 2.75) is 30.0 Å². The van der Waals surface area contributed by atoms with E-state index in [4.69, 9.17) is 0 Å². The average molecular weight is 491 g/mol. The van der Waals surface area contributed by atoms with E-state index in [0.29, 0.717) is 5.69 Å². The van der Waals surface area contributed by atoms with Crippen molar-refractivity contribution >= 4 is 36.7 Å². The number of benzene rings is 1. The summed E-state index contributed by atoms with van der Waals surface area (Å²) in [5, 5.41) is 3.08. The fourth-order valence-corrected chi connectivity index (χ4v) is 6.99. The minimum Gasteiger partial charge on any atom is -0.347 e. The Balaban J connectivity index is 1.56. The highest BCUT2D eigenvalue weighted by Gasteiger charge is 2.38. The lowest BCUT2D eigenvalue weighted by Crippen LogP contribution is -2.31. The van der Waals surface area contributed by atoms with Crippen molar-refractivity contribution in [2.24, 2.45) is 7.05 Å². The molecular formula is C22H26N4O5S2. The average Bonchev–Trinajstić information content (AvgIpc) is 3.39. The number of carbonyl (C=O) groups is 1. The SMILES string of the molecule is Cc1c(S(=O)(=O)N2CC[C@@H](S(C)(=O)=O)C2)cc(C(=O)NCc2cccc3ncccc23)n1C. The summed E-state index contributed by atoms with van der Waals surface area (Å²) >= 11 is 0. The van der Waals surface area contributed by atoms with Crippen molar-refractivity contribution in [1.29, 1.82) is 0 Å². The summed E-state index contributed by atoms with van der Waals surface area (Å²) in [6, 6.07) is 10.8. The predicted octanol–water partition coefficient (Wildman–Crippen LogP) is 1.62. The number of aromatic nitrogens is 2. The third-order valence-electron chi connectivity index (χ3n) is 6.23. The van der Waals surface area contributed by atoms with Gasteiger partial charge in [0, 0.05) is 50.2 Å². The molecule has 2 aromatic heterocycles. The van der Waals surface area contributed by atoms with Crippen LogP contribution in [-0.2, 0) is 33.5 Å². The van der Waals surface area contributed by atoms with Gasteiger partial charge in [0.15, 0.2) is 9.84 Å². The molecule has 9 nitrogen and oxygen atoms in total. The molecule has 1 aliphatic heterocycles. The van der Waals surface area contributed by atoms with E-state index in [0.717, 1.165) is 22.7 Å². The van der Waals surface area contributed by atoms with E-state index in [9.17, 15) is 21.6 Å². The van der Waals surface area contributed by atoms with Gasteiger partial charge in [-0.15, -0.1) is 0 Å². The number of sulfone groups is 1. The van der Waals surface area contributed by atoms with E-state index in [1.807, 2.05) is 30.3 Å². The molecule has 33 heavy (non-hydrogen) atoms. The van der Waals surface area contributed by atoms with E-state index in [1.165, 1.54) is 14.9 Å². The van der Waals surface area contributed by atoms with E-state index in [-0.39, 0.29) is 36.6 Å². The Morgan fingerprint density at radius 3 is 2.64 bits per heavy atom. The smallest absolute Gasteiger partial charge is 0.268 e. The zero-order chi connectivity index (χ0) is 24.0. The maximum Gasteiger partial charge on any atom is 0.268 e. The first-order chi connectivity index (χ1) is 15.5. The Labute approximate surface area is 193 Å². The Hall–Kier alpha value is -2.76. The molecule has 11 heteroatoms. The van der Waals surface area contributed by atoms with Gasteiger partial charge in [0.2, 0.25) is 10.0 Å². The minimum atomic E-state index is -3.93. The summed E-state index contributed by atoms with van der Waals surface area (Å²) in [6.45, 7) is 1.94. The molecule has 1 saturated heterocycles. The van der Waals surface area contributed by atoms with Gasteiger partial charge in [-0.1, -0.05) is 18.2 Å². The van der Waals surface area contributed by atoms with Crippen LogP contribution in [0.1, 0.15) is 28.2 Å². The highest BCUT2D eigenvalue weighted by Crippen LogP contribution is 2.28. The van der Waals surface area contributed by atoms with E-state index in [2.05, 4.69) is 10.3 Å². The molecule has 3 aromatic rings. The second-order valence-electron chi connectivity index (χ2n) is 8.31. The molecule has 1 aliphatic rings. The topological polar surface area (TPSA) is 118 Å². The predicted molar refractivity (Wildman–Crippen MR) is 125 cm³/mol. The zero-order valence-corrected chi connectivity index (χ0v) is 20.3. The highest BCUT2D eigenvalue weighted by molar-refractivity contribution is 7.91. The Morgan fingerprint density at radius 1 is 1.18 bits per heavy atom. The molecule has 0 unspecified atom stereocenters. The summed E-state index contributed by atoms with van der Waals surface area (Å²) in [4.78, 5) is 17.3. The van der Waals surface area contributed by atoms with Crippen LogP contribution in [0.3, 0.4) is 0 Å². The number of pyridine rings is 1. The number of sulfonamides is 1. The Bertz CT molecular complexity index is 1440. The first-order valence-corrected chi connectivity index (χ1v) is 13.9. The fourth-order valence-electron chi connectivity index (χ4n) is 4.14. The largest absolute Gasteiger partial charge is 0.347 e. The van der Waals surface area contributed by atoms with Crippen LogP contribution in [0, 0.1) is 6.92 Å². The molecule has 0 spiro atoms. The molecule has 3 heterocycles. The van der Waals surface area contributed by atoms with Gasteiger partial charge in [-0.3, -0.25) is 9.78 Å². The molecular weight excluding hydrogens is 464 g/mol. The standard InChI is InChI=1S/C22H26N4O5S2/c1-15-21(33(30,31)26-11-9-17(14-26)32(3,28)29)12-20(25(15)2)22(27)24-13-16-6-4-8-19-18(16)7-5-10-23-19/h4-8,10,12,17H,9,11,13-14H2,1-3H3,(H,24,27)/t17-/m1/s1. The van der Waals surface area contributed by atoms with Gasteiger partial charge >= 0.3 is 0 Å². The summed E-state index contributed by atoms with van der Waals surface area (Å²) in [6.07, 6.45) is 3.09. The number of amides is 1. The van der Waals surface area contributed by atoms with Gasteiger partial charge in [0.05, 0.1) is 10.8 Å². The third-order valence-corrected chi connectivity index (χ3v) is 9.80. The van der Waals surface area contributed by atoms with Crippen molar-refractivity contribution in [3.63, 3.8) is 0 Å². The lowest BCUT2D eigenvalue weighted by atomic mass is 10.1. The van der Waals surface area contributed by atoms with Crippen LogP contribution in [0.25, 0.3) is 10.9 Å². The number of carbonyl (C=O) groups excluding carboxylic acids is 1. The lowest BCUT2D eigenvalue weighted by Gasteiger charge is -2.16.